The summed E-state index contributed by atoms with van der Waals surface area (Å²) in [6.07, 6.45) is 3.17. The van der Waals surface area contributed by atoms with Crippen LogP contribution in [0.2, 0.25) is 5.02 Å². The molecule has 1 saturated heterocycles. The SMILES string of the molecule is NS(=O)(=O)[C@@H]1CCCN(C(=O)CCCc2ccc(Cl)cc2)C1. The molecular formula is C15H21ClN2O3S. The lowest BCUT2D eigenvalue weighted by Gasteiger charge is -2.31. The minimum Gasteiger partial charge on any atom is -0.341 e. The maximum atomic E-state index is 12.2. The Labute approximate surface area is 136 Å². The number of piperidine rings is 1. The average Bonchev–Trinajstić information content (AvgIpc) is 2.48. The lowest BCUT2D eigenvalue weighted by atomic mass is 10.1. The second-order valence-electron chi connectivity index (χ2n) is 5.67. The molecule has 1 aromatic carbocycles. The van der Waals surface area contributed by atoms with Crippen molar-refractivity contribution in [1.82, 2.24) is 4.90 Å². The molecule has 2 N–H and O–H groups in total. The highest BCUT2D eigenvalue weighted by Gasteiger charge is 2.30. The molecular weight excluding hydrogens is 324 g/mol. The Hall–Kier alpha value is -1.11. The summed E-state index contributed by atoms with van der Waals surface area (Å²) in [5, 5.41) is 5.26. The number of hydrogen-bond donors (Lipinski definition) is 1. The first kappa shape index (κ1) is 17.2. The number of halogens is 1. The van der Waals surface area contributed by atoms with Crippen molar-refractivity contribution >= 4 is 27.5 Å². The smallest absolute Gasteiger partial charge is 0.222 e. The van der Waals surface area contributed by atoms with Gasteiger partial charge in [0, 0.05) is 24.5 Å². The van der Waals surface area contributed by atoms with Gasteiger partial charge in [0.2, 0.25) is 15.9 Å². The van der Waals surface area contributed by atoms with Crippen molar-refractivity contribution in [3.63, 3.8) is 0 Å². The van der Waals surface area contributed by atoms with Gasteiger partial charge in [0.25, 0.3) is 0 Å². The quantitative estimate of drug-likeness (QED) is 0.886. The predicted molar refractivity (Wildman–Crippen MR) is 87.1 cm³/mol. The van der Waals surface area contributed by atoms with Gasteiger partial charge in [-0.15, -0.1) is 0 Å². The van der Waals surface area contributed by atoms with Crippen LogP contribution in [0.5, 0.6) is 0 Å². The molecule has 22 heavy (non-hydrogen) atoms. The number of hydrogen-bond acceptors (Lipinski definition) is 3. The van der Waals surface area contributed by atoms with E-state index < -0.39 is 15.3 Å². The van der Waals surface area contributed by atoms with Crippen LogP contribution < -0.4 is 5.14 Å². The molecule has 1 amide bonds. The van der Waals surface area contributed by atoms with E-state index in [9.17, 15) is 13.2 Å². The molecule has 5 nitrogen and oxygen atoms in total. The van der Waals surface area contributed by atoms with Crippen LogP contribution in [-0.4, -0.2) is 37.6 Å². The molecule has 7 heteroatoms. The number of benzene rings is 1. The molecule has 0 radical (unpaired) electrons. The van der Waals surface area contributed by atoms with Crippen molar-refractivity contribution in [2.45, 2.75) is 37.4 Å². The fourth-order valence-corrected chi connectivity index (χ4v) is 3.69. The van der Waals surface area contributed by atoms with Gasteiger partial charge in [-0.3, -0.25) is 4.79 Å². The van der Waals surface area contributed by atoms with E-state index in [0.717, 1.165) is 18.4 Å². The maximum absolute atomic E-state index is 12.2. The van der Waals surface area contributed by atoms with E-state index in [4.69, 9.17) is 16.7 Å². The van der Waals surface area contributed by atoms with Gasteiger partial charge in [-0.05, 0) is 43.4 Å². The van der Waals surface area contributed by atoms with Gasteiger partial charge >= 0.3 is 0 Å². The Morgan fingerprint density at radius 3 is 2.64 bits per heavy atom. The zero-order valence-corrected chi connectivity index (χ0v) is 13.9. The van der Waals surface area contributed by atoms with Gasteiger partial charge in [-0.2, -0.15) is 0 Å². The van der Waals surface area contributed by atoms with E-state index in [-0.39, 0.29) is 12.5 Å². The maximum Gasteiger partial charge on any atom is 0.222 e. The molecule has 0 spiro atoms. The fraction of sp³-hybridized carbons (Fsp3) is 0.533. The number of carbonyl (C=O) groups is 1. The Bertz CT molecular complexity index is 616. The molecule has 0 bridgehead atoms. The standard InChI is InChI=1S/C15H21ClN2O3S/c16-13-8-6-12(7-9-13)3-1-5-15(19)18-10-2-4-14(11-18)22(17,20)21/h6-9,14H,1-5,10-11H2,(H2,17,20,21)/t14-/m1/s1. The summed E-state index contributed by atoms with van der Waals surface area (Å²) in [6, 6.07) is 7.57. The van der Waals surface area contributed by atoms with Crippen molar-refractivity contribution < 1.29 is 13.2 Å². The minimum absolute atomic E-state index is 0.00214. The van der Waals surface area contributed by atoms with Gasteiger partial charge in [0.1, 0.15) is 0 Å². The van der Waals surface area contributed by atoms with E-state index in [0.29, 0.717) is 30.8 Å². The fourth-order valence-electron chi connectivity index (χ4n) is 2.69. The summed E-state index contributed by atoms with van der Waals surface area (Å²) >= 11 is 5.83. The van der Waals surface area contributed by atoms with Gasteiger partial charge in [0.05, 0.1) is 5.25 Å². The molecule has 1 aliphatic heterocycles. The van der Waals surface area contributed by atoms with Gasteiger partial charge in [-0.1, -0.05) is 23.7 Å². The number of carbonyl (C=O) groups excluding carboxylic acids is 1. The van der Waals surface area contributed by atoms with Crippen LogP contribution in [0.15, 0.2) is 24.3 Å². The third-order valence-electron chi connectivity index (χ3n) is 3.96. The monoisotopic (exact) mass is 344 g/mol. The Morgan fingerprint density at radius 2 is 2.00 bits per heavy atom. The van der Waals surface area contributed by atoms with E-state index in [1.807, 2.05) is 24.3 Å². The Balaban J connectivity index is 1.80. The molecule has 1 heterocycles. The van der Waals surface area contributed by atoms with E-state index in [1.165, 1.54) is 0 Å². The molecule has 1 aromatic rings. The lowest BCUT2D eigenvalue weighted by Crippen LogP contribution is -2.47. The van der Waals surface area contributed by atoms with Crippen LogP contribution in [0.25, 0.3) is 0 Å². The molecule has 0 unspecified atom stereocenters. The largest absolute Gasteiger partial charge is 0.341 e. The van der Waals surface area contributed by atoms with Crippen molar-refractivity contribution in [3.05, 3.63) is 34.9 Å². The summed E-state index contributed by atoms with van der Waals surface area (Å²) in [4.78, 5) is 13.8. The van der Waals surface area contributed by atoms with Crippen molar-refractivity contribution in [2.75, 3.05) is 13.1 Å². The van der Waals surface area contributed by atoms with Crippen LogP contribution in [-0.2, 0) is 21.2 Å². The van der Waals surface area contributed by atoms with Crippen LogP contribution >= 0.6 is 11.6 Å². The molecule has 1 atom stereocenters. The van der Waals surface area contributed by atoms with Crippen LogP contribution in [0.1, 0.15) is 31.2 Å². The second kappa shape index (κ2) is 7.44. The zero-order chi connectivity index (χ0) is 16.2. The summed E-state index contributed by atoms with van der Waals surface area (Å²) in [6.45, 7) is 0.838. The third kappa shape index (κ3) is 4.97. The molecule has 2 rings (SSSR count). The second-order valence-corrected chi connectivity index (χ2v) is 7.95. The van der Waals surface area contributed by atoms with Crippen molar-refractivity contribution in [3.8, 4) is 0 Å². The Morgan fingerprint density at radius 1 is 1.32 bits per heavy atom. The highest BCUT2D eigenvalue weighted by atomic mass is 35.5. The summed E-state index contributed by atoms with van der Waals surface area (Å²) in [7, 11) is -3.57. The number of rotatable bonds is 5. The molecule has 0 saturated carbocycles. The molecule has 1 aliphatic rings. The topological polar surface area (TPSA) is 80.5 Å². The van der Waals surface area contributed by atoms with Crippen molar-refractivity contribution in [1.29, 1.82) is 0 Å². The summed E-state index contributed by atoms with van der Waals surface area (Å²) in [5.74, 6) is 0.00214. The van der Waals surface area contributed by atoms with Crippen LogP contribution in [0.3, 0.4) is 0 Å². The van der Waals surface area contributed by atoms with Gasteiger partial charge in [0.15, 0.2) is 0 Å². The average molecular weight is 345 g/mol. The molecule has 0 aliphatic carbocycles. The first-order valence-electron chi connectivity index (χ1n) is 7.40. The van der Waals surface area contributed by atoms with Crippen LogP contribution in [0, 0.1) is 0 Å². The predicted octanol–water partition coefficient (Wildman–Crippen LogP) is 1.94. The highest BCUT2D eigenvalue weighted by molar-refractivity contribution is 7.89. The first-order valence-corrected chi connectivity index (χ1v) is 9.39. The number of likely N-dealkylation sites (tertiary alicyclic amines) is 1. The van der Waals surface area contributed by atoms with E-state index in [1.54, 1.807) is 4.90 Å². The molecule has 122 valence electrons. The van der Waals surface area contributed by atoms with E-state index >= 15 is 0 Å². The van der Waals surface area contributed by atoms with Crippen LogP contribution in [0.4, 0.5) is 0 Å². The normalized spacial score (nSPS) is 19.2. The van der Waals surface area contributed by atoms with Gasteiger partial charge < -0.3 is 4.90 Å². The van der Waals surface area contributed by atoms with E-state index in [2.05, 4.69) is 0 Å². The summed E-state index contributed by atoms with van der Waals surface area (Å²) in [5.41, 5.74) is 1.14. The number of nitrogens with two attached hydrogens (primary N) is 1. The number of aryl methyl sites for hydroxylation is 1. The molecule has 1 fully saturated rings. The highest BCUT2D eigenvalue weighted by Crippen LogP contribution is 2.17. The number of nitrogens with zero attached hydrogens (tertiary/aromatic N) is 1. The van der Waals surface area contributed by atoms with Gasteiger partial charge in [-0.25, -0.2) is 13.6 Å². The van der Waals surface area contributed by atoms with Crippen molar-refractivity contribution in [2.24, 2.45) is 5.14 Å². The molecule has 0 aromatic heterocycles. The third-order valence-corrected chi connectivity index (χ3v) is 5.53. The minimum atomic E-state index is -3.57. The summed E-state index contributed by atoms with van der Waals surface area (Å²) < 4.78 is 22.8. The zero-order valence-electron chi connectivity index (χ0n) is 12.4. The number of primary sulfonamides is 1. The number of amides is 1. The Kier molecular flexibility index (Phi) is 5.83. The first-order chi connectivity index (χ1) is 10.4. The lowest BCUT2D eigenvalue weighted by molar-refractivity contribution is -0.132. The number of sulfonamides is 1.